The number of aryl methyl sites for hydroxylation is 1. The highest BCUT2D eigenvalue weighted by atomic mass is 32.2. The summed E-state index contributed by atoms with van der Waals surface area (Å²) >= 11 is 1.89. The van der Waals surface area contributed by atoms with E-state index in [9.17, 15) is 5.11 Å². The molecule has 0 heterocycles. The number of hydrogen-bond donors (Lipinski definition) is 1. The van der Waals surface area contributed by atoms with Crippen LogP contribution in [-0.4, -0.2) is 11.2 Å². The van der Waals surface area contributed by atoms with Gasteiger partial charge in [-0.2, -0.15) is 0 Å². The minimum absolute atomic E-state index is 0.134. The van der Waals surface area contributed by atoms with E-state index >= 15 is 0 Å². The number of benzene rings is 1. The topological polar surface area (TPSA) is 20.2 Å². The van der Waals surface area contributed by atoms with Crippen molar-refractivity contribution in [3.05, 3.63) is 53.5 Å². The zero-order valence-corrected chi connectivity index (χ0v) is 13.5. The van der Waals surface area contributed by atoms with Crippen molar-refractivity contribution in [2.75, 3.05) is 0 Å². The van der Waals surface area contributed by atoms with E-state index in [1.54, 1.807) is 0 Å². The Morgan fingerprint density at radius 1 is 1.29 bits per heavy atom. The first-order chi connectivity index (χ1) is 10.2. The van der Waals surface area contributed by atoms with Crippen LogP contribution in [0.15, 0.2) is 52.8 Å². The third-order valence-corrected chi connectivity index (χ3v) is 6.39. The molecule has 1 aromatic carbocycles. The Labute approximate surface area is 132 Å². The lowest BCUT2D eigenvalue weighted by molar-refractivity contribution is 0.0221. The molecule has 0 aromatic heterocycles. The first kappa shape index (κ1) is 14.9. The molecule has 0 amide bonds. The summed E-state index contributed by atoms with van der Waals surface area (Å²) in [7, 11) is 0. The number of rotatable bonds is 3. The first-order valence-electron chi connectivity index (χ1n) is 7.91. The number of hydrogen-bond acceptors (Lipinski definition) is 2. The van der Waals surface area contributed by atoms with E-state index in [-0.39, 0.29) is 17.4 Å². The van der Waals surface area contributed by atoms with Crippen molar-refractivity contribution in [3.8, 4) is 0 Å². The van der Waals surface area contributed by atoms with Gasteiger partial charge in [0.2, 0.25) is 0 Å². The second-order valence-corrected chi connectivity index (χ2v) is 7.51. The molecule has 1 nitrogen and oxygen atoms in total. The molecule has 1 saturated carbocycles. The van der Waals surface area contributed by atoms with Crippen molar-refractivity contribution < 1.29 is 5.11 Å². The van der Waals surface area contributed by atoms with Crippen LogP contribution in [0.4, 0.5) is 0 Å². The molecule has 0 saturated heterocycles. The van der Waals surface area contributed by atoms with Gasteiger partial charge >= 0.3 is 0 Å². The van der Waals surface area contributed by atoms with Crippen LogP contribution in [0.2, 0.25) is 0 Å². The van der Waals surface area contributed by atoms with Gasteiger partial charge in [0.05, 0.1) is 6.10 Å². The summed E-state index contributed by atoms with van der Waals surface area (Å²) < 4.78 is 0. The highest BCUT2D eigenvalue weighted by molar-refractivity contribution is 8.03. The summed E-state index contributed by atoms with van der Waals surface area (Å²) in [6, 6.07) is 8.75. The largest absolute Gasteiger partial charge is 0.392 e. The summed E-state index contributed by atoms with van der Waals surface area (Å²) in [6.07, 6.45) is 9.68. The highest BCUT2D eigenvalue weighted by Gasteiger charge is 2.47. The van der Waals surface area contributed by atoms with Crippen molar-refractivity contribution in [2.24, 2.45) is 11.3 Å². The van der Waals surface area contributed by atoms with Gasteiger partial charge < -0.3 is 5.11 Å². The number of thioether (sulfide) groups is 1. The van der Waals surface area contributed by atoms with Crippen molar-refractivity contribution in [1.82, 2.24) is 0 Å². The van der Waals surface area contributed by atoms with Crippen LogP contribution in [0.1, 0.15) is 37.7 Å². The Balaban J connectivity index is 1.87. The predicted molar refractivity (Wildman–Crippen MR) is 90.3 cm³/mol. The summed E-state index contributed by atoms with van der Waals surface area (Å²) in [5.41, 5.74) is 1.43. The Kier molecular flexibility index (Phi) is 4.28. The number of aliphatic hydroxyl groups excluding tert-OH is 1. The maximum atomic E-state index is 10.4. The summed E-state index contributed by atoms with van der Waals surface area (Å²) in [5.74, 6) is 0.206. The van der Waals surface area contributed by atoms with Gasteiger partial charge in [-0.15, -0.1) is 6.58 Å². The Morgan fingerprint density at radius 3 is 2.76 bits per heavy atom. The molecule has 3 atom stereocenters. The Morgan fingerprint density at radius 2 is 2.05 bits per heavy atom. The van der Waals surface area contributed by atoms with Crippen LogP contribution in [0.5, 0.6) is 0 Å². The predicted octanol–water partition coefficient (Wildman–Crippen LogP) is 5.10. The van der Waals surface area contributed by atoms with Gasteiger partial charge in [-0.25, -0.2) is 0 Å². The molecule has 1 aromatic rings. The van der Waals surface area contributed by atoms with E-state index in [1.807, 2.05) is 17.8 Å². The second-order valence-electron chi connectivity index (χ2n) is 6.40. The molecule has 3 rings (SSSR count). The van der Waals surface area contributed by atoms with E-state index in [2.05, 4.69) is 43.8 Å². The van der Waals surface area contributed by atoms with E-state index in [1.165, 1.54) is 21.8 Å². The van der Waals surface area contributed by atoms with Gasteiger partial charge in [0.15, 0.2) is 0 Å². The van der Waals surface area contributed by atoms with Crippen molar-refractivity contribution in [1.29, 1.82) is 0 Å². The quantitative estimate of drug-likeness (QED) is 0.784. The van der Waals surface area contributed by atoms with Crippen molar-refractivity contribution >= 4 is 11.8 Å². The van der Waals surface area contributed by atoms with Gasteiger partial charge in [0, 0.05) is 16.2 Å². The zero-order valence-electron chi connectivity index (χ0n) is 12.7. The van der Waals surface area contributed by atoms with Crippen LogP contribution >= 0.6 is 11.8 Å². The molecule has 1 N–H and O–H groups in total. The molecule has 0 unspecified atom stereocenters. The average molecular weight is 300 g/mol. The molecule has 112 valence electrons. The van der Waals surface area contributed by atoms with E-state index in [0.29, 0.717) is 0 Å². The second kappa shape index (κ2) is 6.02. The van der Waals surface area contributed by atoms with Gasteiger partial charge in [0.25, 0.3) is 0 Å². The SMILES string of the molecule is C=C[C@H]1[C@H](O)CCC[C@@]12CCC=C2Sc1ccc(C)cc1. The minimum Gasteiger partial charge on any atom is -0.392 e. The molecule has 2 aliphatic carbocycles. The van der Waals surface area contributed by atoms with Crippen LogP contribution in [0.25, 0.3) is 0 Å². The maximum absolute atomic E-state index is 10.4. The molecule has 0 aliphatic heterocycles. The lowest BCUT2D eigenvalue weighted by Crippen LogP contribution is -2.40. The van der Waals surface area contributed by atoms with Gasteiger partial charge in [-0.1, -0.05) is 41.6 Å². The number of allylic oxidation sites excluding steroid dienone is 2. The monoisotopic (exact) mass is 300 g/mol. The van der Waals surface area contributed by atoms with Crippen LogP contribution in [0, 0.1) is 18.3 Å². The lowest BCUT2D eigenvalue weighted by atomic mass is 9.64. The summed E-state index contributed by atoms with van der Waals surface area (Å²) in [6.45, 7) is 6.13. The van der Waals surface area contributed by atoms with Gasteiger partial charge in [0.1, 0.15) is 0 Å². The molecule has 21 heavy (non-hydrogen) atoms. The summed E-state index contributed by atoms with van der Waals surface area (Å²) in [4.78, 5) is 2.76. The fourth-order valence-electron chi connectivity index (χ4n) is 3.97. The number of aliphatic hydroxyl groups is 1. The van der Waals surface area contributed by atoms with Crippen molar-refractivity contribution in [3.63, 3.8) is 0 Å². The lowest BCUT2D eigenvalue weighted by Gasteiger charge is -2.44. The van der Waals surface area contributed by atoms with Crippen molar-refractivity contribution in [2.45, 2.75) is 50.0 Å². The molecule has 1 spiro atoms. The minimum atomic E-state index is -0.226. The Hall–Kier alpha value is -0.990. The third-order valence-electron chi connectivity index (χ3n) is 5.09. The fourth-order valence-corrected chi connectivity index (χ4v) is 5.24. The Bertz CT molecular complexity index is 545. The normalized spacial score (nSPS) is 32.2. The van der Waals surface area contributed by atoms with E-state index < -0.39 is 0 Å². The van der Waals surface area contributed by atoms with Crippen LogP contribution in [0.3, 0.4) is 0 Å². The third kappa shape index (κ3) is 2.72. The standard InChI is InChI=1S/C19H24OS/c1-3-16-17(20)6-4-12-19(16)13-5-7-18(19)21-15-10-8-14(2)9-11-15/h3,7-11,16-17,20H,1,4-6,12-13H2,2H3/t16-,17+,19+/m0/s1. The van der Waals surface area contributed by atoms with Crippen LogP contribution in [-0.2, 0) is 0 Å². The molecule has 0 radical (unpaired) electrons. The van der Waals surface area contributed by atoms with Gasteiger partial charge in [-0.3, -0.25) is 0 Å². The van der Waals surface area contributed by atoms with E-state index in [4.69, 9.17) is 0 Å². The van der Waals surface area contributed by atoms with Gasteiger partial charge in [-0.05, 0) is 56.1 Å². The molecular formula is C19H24OS. The molecular weight excluding hydrogens is 276 g/mol. The molecule has 1 fully saturated rings. The molecule has 2 heteroatoms. The first-order valence-corrected chi connectivity index (χ1v) is 8.73. The fraction of sp³-hybridized carbons (Fsp3) is 0.474. The van der Waals surface area contributed by atoms with E-state index in [0.717, 1.165) is 25.7 Å². The maximum Gasteiger partial charge on any atom is 0.0611 e. The molecule has 2 aliphatic rings. The average Bonchev–Trinajstić information content (AvgIpc) is 2.85. The summed E-state index contributed by atoms with van der Waals surface area (Å²) in [5, 5.41) is 10.4. The highest BCUT2D eigenvalue weighted by Crippen LogP contribution is 2.58. The zero-order chi connectivity index (χ0) is 14.9. The van der Waals surface area contributed by atoms with Crippen LogP contribution < -0.4 is 0 Å². The smallest absolute Gasteiger partial charge is 0.0611 e. The molecule has 0 bridgehead atoms.